The van der Waals surface area contributed by atoms with Gasteiger partial charge in [-0.25, -0.2) is 14.4 Å². The zero-order chi connectivity index (χ0) is 44.8. The van der Waals surface area contributed by atoms with Crippen molar-refractivity contribution in [2.75, 3.05) is 20.1 Å². The first-order chi connectivity index (χ1) is 27.3. The normalized spacial score (nSPS) is 14.6. The molecule has 0 aliphatic rings. The number of hydrogen-bond donors (Lipinski definition) is 6. The number of likely N-dealkylation sites (N-methyl/N-ethyl adjacent to an activating group) is 1. The molecule has 4 amide bonds. The van der Waals surface area contributed by atoms with Crippen LogP contribution in [0.25, 0.3) is 10.9 Å². The van der Waals surface area contributed by atoms with Crippen LogP contribution in [0.1, 0.15) is 114 Å². The van der Waals surface area contributed by atoms with E-state index in [4.69, 9.17) is 15.2 Å². The zero-order valence-corrected chi connectivity index (χ0v) is 37.3. The van der Waals surface area contributed by atoms with E-state index in [9.17, 15) is 33.9 Å². The molecule has 2 rings (SSSR count). The smallest absolute Gasteiger partial charge is 0.419 e. The predicted octanol–water partition coefficient (Wildman–Crippen LogP) is 4.94. The van der Waals surface area contributed by atoms with Gasteiger partial charge in [-0.05, 0) is 110 Å². The third kappa shape index (κ3) is 17.6. The number of hydrogen-bond acceptors (Lipinski definition) is 10. The van der Waals surface area contributed by atoms with Crippen molar-refractivity contribution in [3.63, 3.8) is 0 Å². The molecule has 59 heavy (non-hydrogen) atoms. The highest BCUT2D eigenvalue weighted by molar-refractivity contribution is 5.93. The molecule has 7 N–H and O–H groups in total. The van der Waals surface area contributed by atoms with Gasteiger partial charge in [0.25, 0.3) is 0 Å². The Hall–Kier alpha value is -4.70. The lowest BCUT2D eigenvalue weighted by atomic mass is 9.98. The van der Waals surface area contributed by atoms with Gasteiger partial charge in [0, 0.05) is 37.8 Å². The SMILES string of the molecule is CC(C)C[C@@H](CN[C@@H](Cc1cn(C(=O)OC(C)(C)C)c2ccccc12)C(=O)NCCCC[C@@H](NC(=O)OC(C)(C)C)C(=O)O)N(C)C(=O)[C@H](CC(C)C)NC(=O)[C@H](C)N. The lowest BCUT2D eigenvalue weighted by molar-refractivity contribution is -0.139. The van der Waals surface area contributed by atoms with Gasteiger partial charge in [-0.2, -0.15) is 0 Å². The molecule has 332 valence electrons. The number of fused-ring (bicyclic) bond motifs is 1. The van der Waals surface area contributed by atoms with E-state index in [0.717, 1.165) is 10.9 Å². The average molecular weight is 830 g/mol. The maximum Gasteiger partial charge on any atom is 0.419 e. The molecule has 0 radical (unpaired) electrons. The lowest BCUT2D eigenvalue weighted by Gasteiger charge is -2.34. The third-order valence-corrected chi connectivity index (χ3v) is 9.31. The first kappa shape index (κ1) is 50.4. The Morgan fingerprint density at radius 1 is 0.814 bits per heavy atom. The summed E-state index contributed by atoms with van der Waals surface area (Å²) in [4.78, 5) is 79.7. The molecule has 1 aromatic carbocycles. The number of aliphatic carboxylic acids is 1. The molecular weight excluding hydrogens is 759 g/mol. The molecule has 0 aliphatic carbocycles. The van der Waals surface area contributed by atoms with Crippen LogP contribution in [-0.4, -0.2) is 112 Å². The number of nitrogens with one attached hydrogen (secondary N) is 4. The molecule has 0 saturated carbocycles. The quantitative estimate of drug-likeness (QED) is 0.0925. The topological polar surface area (TPSA) is 223 Å². The minimum atomic E-state index is -1.19. The summed E-state index contributed by atoms with van der Waals surface area (Å²) >= 11 is 0. The molecule has 0 unspecified atom stereocenters. The van der Waals surface area contributed by atoms with E-state index in [-0.39, 0.29) is 55.6 Å². The molecule has 1 heterocycles. The summed E-state index contributed by atoms with van der Waals surface area (Å²) < 4.78 is 12.3. The Morgan fingerprint density at radius 2 is 1.42 bits per heavy atom. The van der Waals surface area contributed by atoms with Gasteiger partial charge in [-0.1, -0.05) is 45.9 Å². The summed E-state index contributed by atoms with van der Waals surface area (Å²) in [6.07, 6.45) is 2.42. The Kier molecular flexibility index (Phi) is 19.3. The average Bonchev–Trinajstić information content (AvgIpc) is 3.47. The van der Waals surface area contributed by atoms with Crippen LogP contribution < -0.4 is 27.0 Å². The number of alkyl carbamates (subject to hydrolysis) is 1. The fourth-order valence-electron chi connectivity index (χ4n) is 6.49. The fraction of sp³-hybridized carbons (Fsp3) is 0.674. The van der Waals surface area contributed by atoms with Crippen LogP contribution in [0.5, 0.6) is 0 Å². The van der Waals surface area contributed by atoms with Gasteiger partial charge in [-0.15, -0.1) is 0 Å². The Morgan fingerprint density at radius 3 is 1.98 bits per heavy atom. The molecule has 2 aromatic rings. The van der Waals surface area contributed by atoms with Crippen LogP contribution in [0.3, 0.4) is 0 Å². The van der Waals surface area contributed by atoms with Crippen molar-refractivity contribution in [3.8, 4) is 0 Å². The number of carbonyl (C=O) groups is 6. The van der Waals surface area contributed by atoms with Crippen LogP contribution in [0.15, 0.2) is 30.5 Å². The maximum absolute atomic E-state index is 14.1. The number of rotatable bonds is 21. The number of benzene rings is 1. The first-order valence-corrected chi connectivity index (χ1v) is 20.7. The highest BCUT2D eigenvalue weighted by atomic mass is 16.6. The van der Waals surface area contributed by atoms with Crippen LogP contribution >= 0.6 is 0 Å². The molecule has 16 heteroatoms. The van der Waals surface area contributed by atoms with E-state index >= 15 is 0 Å². The van der Waals surface area contributed by atoms with E-state index in [2.05, 4.69) is 21.3 Å². The van der Waals surface area contributed by atoms with Gasteiger partial charge in [0.15, 0.2) is 0 Å². The van der Waals surface area contributed by atoms with Crippen LogP contribution in [0.2, 0.25) is 0 Å². The van der Waals surface area contributed by atoms with Crippen molar-refractivity contribution in [2.45, 2.75) is 156 Å². The Bertz CT molecular complexity index is 1730. The van der Waals surface area contributed by atoms with Gasteiger partial charge in [-0.3, -0.25) is 19.0 Å². The summed E-state index contributed by atoms with van der Waals surface area (Å²) in [5.74, 6) is -1.92. The van der Waals surface area contributed by atoms with Gasteiger partial charge >= 0.3 is 18.2 Å². The number of carboxylic acids is 1. The molecule has 0 aliphatic heterocycles. The van der Waals surface area contributed by atoms with Crippen molar-refractivity contribution in [2.24, 2.45) is 17.6 Å². The van der Waals surface area contributed by atoms with Crippen LogP contribution in [-0.2, 0) is 35.1 Å². The summed E-state index contributed by atoms with van der Waals surface area (Å²) in [6, 6.07) is 3.43. The van der Waals surface area contributed by atoms with Crippen LogP contribution in [0, 0.1) is 11.8 Å². The van der Waals surface area contributed by atoms with Gasteiger partial charge in [0.1, 0.15) is 23.3 Å². The maximum atomic E-state index is 14.1. The van der Waals surface area contributed by atoms with Gasteiger partial charge in [0.05, 0.1) is 17.6 Å². The number of nitrogens with zero attached hydrogens (tertiary/aromatic N) is 2. The number of ether oxygens (including phenoxy) is 2. The van der Waals surface area contributed by atoms with E-state index in [1.165, 1.54) is 4.57 Å². The van der Waals surface area contributed by atoms with Crippen molar-refractivity contribution in [1.82, 2.24) is 30.7 Å². The van der Waals surface area contributed by atoms with Crippen molar-refractivity contribution in [3.05, 3.63) is 36.0 Å². The predicted molar refractivity (Wildman–Crippen MR) is 228 cm³/mol. The fourth-order valence-corrected chi connectivity index (χ4v) is 6.49. The highest BCUT2D eigenvalue weighted by Crippen LogP contribution is 2.25. The summed E-state index contributed by atoms with van der Waals surface area (Å²) in [7, 11) is 1.70. The van der Waals surface area contributed by atoms with Crippen molar-refractivity contribution >= 4 is 46.8 Å². The van der Waals surface area contributed by atoms with Gasteiger partial charge < -0.3 is 46.5 Å². The number of nitrogens with two attached hydrogens (primary N) is 1. The third-order valence-electron chi connectivity index (χ3n) is 9.31. The minimum absolute atomic E-state index is 0.111. The monoisotopic (exact) mass is 830 g/mol. The Balaban J connectivity index is 2.38. The molecular formula is C43H71N7O9. The number of carboxylic acid groups (broad SMARTS) is 1. The lowest BCUT2D eigenvalue weighted by Crippen LogP contribution is -2.56. The number of amides is 4. The largest absolute Gasteiger partial charge is 0.480 e. The number of para-hydroxylation sites is 1. The second kappa shape index (κ2) is 22.6. The highest BCUT2D eigenvalue weighted by Gasteiger charge is 2.32. The van der Waals surface area contributed by atoms with E-state index in [0.29, 0.717) is 31.2 Å². The first-order valence-electron chi connectivity index (χ1n) is 20.7. The minimum Gasteiger partial charge on any atom is -0.480 e. The van der Waals surface area contributed by atoms with Crippen molar-refractivity contribution < 1.29 is 43.3 Å². The van der Waals surface area contributed by atoms with Crippen LogP contribution in [0.4, 0.5) is 9.59 Å². The Labute approximate surface area is 350 Å². The second-order valence-electron chi connectivity index (χ2n) is 18.2. The van der Waals surface area contributed by atoms with E-state index in [1.54, 1.807) is 66.6 Å². The van der Waals surface area contributed by atoms with Crippen molar-refractivity contribution in [1.29, 1.82) is 0 Å². The zero-order valence-electron chi connectivity index (χ0n) is 37.3. The summed E-state index contributed by atoms with van der Waals surface area (Å²) in [5.41, 5.74) is 5.64. The second-order valence-corrected chi connectivity index (χ2v) is 18.2. The standard InChI is InChI=1S/C43H71N7O9/c1-26(2)21-30(49(12)38(53)34(22-27(3)4)47-36(51)28(5)44)24-46-33(23-29-25-50(41(57)59-43(9,10)11)35-19-14-13-17-31(29)35)37(52)45-20-16-15-18-32(39(54)55)48-40(56)58-42(6,7)8/h13-14,17,19,25-28,30,32-34,46H,15-16,18,20-24,44H2,1-12H3,(H,45,52)(H,47,51)(H,48,56)(H,54,55)/t28-,30-,32+,33-,34-/m0/s1. The molecule has 0 spiro atoms. The van der Waals surface area contributed by atoms with E-state index < -0.39 is 59.4 Å². The summed E-state index contributed by atoms with van der Waals surface area (Å²) in [5, 5.41) is 22.1. The number of carbonyl (C=O) groups excluding carboxylic acids is 5. The molecule has 0 fully saturated rings. The molecule has 0 saturated heterocycles. The van der Waals surface area contributed by atoms with Gasteiger partial charge in [0.2, 0.25) is 17.7 Å². The number of aromatic nitrogens is 1. The molecule has 16 nitrogen and oxygen atoms in total. The summed E-state index contributed by atoms with van der Waals surface area (Å²) in [6.45, 7) is 20.5. The van der Waals surface area contributed by atoms with E-state index in [1.807, 2.05) is 52.0 Å². The molecule has 1 aromatic heterocycles. The number of unbranched alkanes of at least 4 members (excludes halogenated alkanes) is 1. The molecule has 5 atom stereocenters. The molecule has 0 bridgehead atoms.